The number of hydrogen-bond acceptors (Lipinski definition) is 4. The third-order valence-electron chi connectivity index (χ3n) is 6.44. The van der Waals surface area contributed by atoms with E-state index in [-0.39, 0.29) is 11.8 Å². The molecule has 0 aromatic heterocycles. The predicted octanol–water partition coefficient (Wildman–Crippen LogP) is 3.53. The van der Waals surface area contributed by atoms with Gasteiger partial charge in [-0.3, -0.25) is 14.6 Å². The highest BCUT2D eigenvalue weighted by Gasteiger charge is 2.30. The van der Waals surface area contributed by atoms with E-state index in [0.717, 1.165) is 63.1 Å². The van der Waals surface area contributed by atoms with Crippen molar-refractivity contribution in [2.45, 2.75) is 51.9 Å². The molecule has 1 aromatic carbocycles. The van der Waals surface area contributed by atoms with Crippen molar-refractivity contribution < 1.29 is 9.59 Å². The number of rotatable bonds is 3. The van der Waals surface area contributed by atoms with Crippen LogP contribution in [0.1, 0.15) is 62.2 Å². The SMILES string of the molecule is CC1=NN(c2ccc(C(=O)N3CCC(C(=O)N4CCCCCC4)CC3)cc2)CC1. The van der Waals surface area contributed by atoms with Crippen LogP contribution in [0.2, 0.25) is 0 Å². The Labute approximate surface area is 173 Å². The zero-order chi connectivity index (χ0) is 20.2. The molecule has 0 unspecified atom stereocenters. The van der Waals surface area contributed by atoms with E-state index < -0.39 is 0 Å². The Kier molecular flexibility index (Phi) is 6.16. The largest absolute Gasteiger partial charge is 0.342 e. The molecule has 2 amide bonds. The van der Waals surface area contributed by atoms with Gasteiger partial charge in [-0.25, -0.2) is 0 Å². The Morgan fingerprint density at radius 1 is 0.862 bits per heavy atom. The zero-order valence-corrected chi connectivity index (χ0v) is 17.5. The number of anilines is 1. The standard InChI is InChI=1S/C23H32N4O2/c1-18-10-17-27(24-18)21-8-6-19(7-9-21)22(28)26-15-11-20(12-16-26)23(29)25-13-4-2-3-5-14-25/h6-9,20H,2-5,10-17H2,1H3. The molecule has 2 fully saturated rings. The van der Waals surface area contributed by atoms with E-state index in [1.54, 1.807) is 0 Å². The average molecular weight is 397 g/mol. The maximum absolute atomic E-state index is 12.9. The molecule has 29 heavy (non-hydrogen) atoms. The summed E-state index contributed by atoms with van der Waals surface area (Å²) in [5, 5.41) is 6.50. The zero-order valence-electron chi connectivity index (χ0n) is 17.5. The predicted molar refractivity (Wildman–Crippen MR) is 115 cm³/mol. The minimum absolute atomic E-state index is 0.0679. The molecule has 4 rings (SSSR count). The number of carbonyl (C=O) groups excluding carboxylic acids is 2. The lowest BCUT2D eigenvalue weighted by Gasteiger charge is -2.34. The normalized spacial score (nSPS) is 21.1. The van der Waals surface area contributed by atoms with Crippen LogP contribution in [0.4, 0.5) is 5.69 Å². The molecule has 0 spiro atoms. The molecule has 2 saturated heterocycles. The monoisotopic (exact) mass is 396 g/mol. The Hall–Kier alpha value is -2.37. The van der Waals surface area contributed by atoms with Gasteiger partial charge in [0.25, 0.3) is 5.91 Å². The van der Waals surface area contributed by atoms with Gasteiger partial charge in [-0.2, -0.15) is 5.10 Å². The van der Waals surface area contributed by atoms with Crippen LogP contribution < -0.4 is 5.01 Å². The van der Waals surface area contributed by atoms with Crippen molar-refractivity contribution in [2.24, 2.45) is 11.0 Å². The molecule has 3 aliphatic rings. The summed E-state index contributed by atoms with van der Waals surface area (Å²) in [5.74, 6) is 0.457. The van der Waals surface area contributed by atoms with Crippen LogP contribution in [0.15, 0.2) is 29.4 Å². The summed E-state index contributed by atoms with van der Waals surface area (Å²) in [6, 6.07) is 7.75. The highest BCUT2D eigenvalue weighted by Crippen LogP contribution is 2.24. The first-order valence-electron chi connectivity index (χ1n) is 11.1. The van der Waals surface area contributed by atoms with Gasteiger partial charge < -0.3 is 9.80 Å². The fourth-order valence-corrected chi connectivity index (χ4v) is 4.60. The van der Waals surface area contributed by atoms with Crippen molar-refractivity contribution in [3.05, 3.63) is 29.8 Å². The van der Waals surface area contributed by atoms with Crippen molar-refractivity contribution in [3.8, 4) is 0 Å². The van der Waals surface area contributed by atoms with Gasteiger partial charge in [-0.05, 0) is 56.9 Å². The highest BCUT2D eigenvalue weighted by molar-refractivity contribution is 5.95. The molecular weight excluding hydrogens is 364 g/mol. The summed E-state index contributed by atoms with van der Waals surface area (Å²) in [6.45, 7) is 6.09. The van der Waals surface area contributed by atoms with E-state index in [4.69, 9.17) is 0 Å². The number of benzene rings is 1. The van der Waals surface area contributed by atoms with Crippen LogP contribution >= 0.6 is 0 Å². The maximum atomic E-state index is 12.9. The highest BCUT2D eigenvalue weighted by atomic mass is 16.2. The lowest BCUT2D eigenvalue weighted by atomic mass is 9.94. The Morgan fingerprint density at radius 2 is 1.52 bits per heavy atom. The minimum Gasteiger partial charge on any atom is -0.342 e. The summed E-state index contributed by atoms with van der Waals surface area (Å²) in [6.07, 6.45) is 7.27. The van der Waals surface area contributed by atoms with Crippen LogP contribution in [0.3, 0.4) is 0 Å². The Bertz CT molecular complexity index is 758. The molecule has 156 valence electrons. The smallest absolute Gasteiger partial charge is 0.253 e. The third kappa shape index (κ3) is 4.62. The number of amides is 2. The fraction of sp³-hybridized carbons (Fsp3) is 0.609. The topological polar surface area (TPSA) is 56.2 Å². The van der Waals surface area contributed by atoms with Gasteiger partial charge in [-0.1, -0.05) is 12.8 Å². The van der Waals surface area contributed by atoms with E-state index in [1.807, 2.05) is 41.1 Å². The molecule has 3 heterocycles. The van der Waals surface area contributed by atoms with Crippen LogP contribution in [0.25, 0.3) is 0 Å². The summed E-state index contributed by atoms with van der Waals surface area (Å²) in [4.78, 5) is 29.7. The van der Waals surface area contributed by atoms with Crippen molar-refractivity contribution >= 4 is 23.2 Å². The molecule has 3 aliphatic heterocycles. The second-order valence-electron chi connectivity index (χ2n) is 8.56. The van der Waals surface area contributed by atoms with Crippen molar-refractivity contribution in [1.82, 2.24) is 9.80 Å². The minimum atomic E-state index is 0.0679. The summed E-state index contributed by atoms with van der Waals surface area (Å²) in [7, 11) is 0. The van der Waals surface area contributed by atoms with Gasteiger partial charge in [0.1, 0.15) is 0 Å². The quantitative estimate of drug-likeness (QED) is 0.785. The molecule has 0 saturated carbocycles. The fourth-order valence-electron chi connectivity index (χ4n) is 4.60. The van der Waals surface area contributed by atoms with Gasteiger partial charge in [0.2, 0.25) is 5.91 Å². The number of carbonyl (C=O) groups is 2. The second kappa shape index (κ2) is 8.97. The van der Waals surface area contributed by atoms with Crippen molar-refractivity contribution in [2.75, 3.05) is 37.7 Å². The number of hydrazone groups is 1. The van der Waals surface area contributed by atoms with Gasteiger partial charge in [0, 0.05) is 56.3 Å². The lowest BCUT2D eigenvalue weighted by Crippen LogP contribution is -2.44. The number of piperidine rings is 1. The first-order chi connectivity index (χ1) is 14.1. The molecule has 0 aliphatic carbocycles. The molecule has 0 atom stereocenters. The molecular formula is C23H32N4O2. The van der Waals surface area contributed by atoms with Crippen LogP contribution in [-0.4, -0.2) is 60.0 Å². The van der Waals surface area contributed by atoms with Gasteiger partial charge in [0.15, 0.2) is 0 Å². The Balaban J connectivity index is 1.31. The van der Waals surface area contributed by atoms with E-state index in [1.165, 1.54) is 12.8 Å². The maximum Gasteiger partial charge on any atom is 0.253 e. The molecule has 1 aromatic rings. The van der Waals surface area contributed by atoms with E-state index in [2.05, 4.69) is 10.0 Å². The number of likely N-dealkylation sites (tertiary alicyclic amines) is 2. The first kappa shape index (κ1) is 19.9. The second-order valence-corrected chi connectivity index (χ2v) is 8.56. The summed E-state index contributed by atoms with van der Waals surface area (Å²) in [5.41, 5.74) is 2.88. The van der Waals surface area contributed by atoms with E-state index in [0.29, 0.717) is 24.6 Å². The summed E-state index contributed by atoms with van der Waals surface area (Å²) < 4.78 is 0. The van der Waals surface area contributed by atoms with Crippen LogP contribution in [-0.2, 0) is 4.79 Å². The van der Waals surface area contributed by atoms with E-state index >= 15 is 0 Å². The molecule has 6 heteroatoms. The Morgan fingerprint density at radius 3 is 2.10 bits per heavy atom. The van der Waals surface area contributed by atoms with E-state index in [9.17, 15) is 9.59 Å². The van der Waals surface area contributed by atoms with Crippen molar-refractivity contribution in [1.29, 1.82) is 0 Å². The van der Waals surface area contributed by atoms with Gasteiger partial charge in [0.05, 0.1) is 5.69 Å². The van der Waals surface area contributed by atoms with Crippen LogP contribution in [0, 0.1) is 5.92 Å². The van der Waals surface area contributed by atoms with Gasteiger partial charge in [-0.15, -0.1) is 0 Å². The third-order valence-corrected chi connectivity index (χ3v) is 6.44. The number of nitrogens with zero attached hydrogens (tertiary/aromatic N) is 4. The molecule has 0 radical (unpaired) electrons. The first-order valence-corrected chi connectivity index (χ1v) is 11.1. The lowest BCUT2D eigenvalue weighted by molar-refractivity contribution is -0.136. The summed E-state index contributed by atoms with van der Waals surface area (Å²) >= 11 is 0. The molecule has 0 bridgehead atoms. The molecule has 6 nitrogen and oxygen atoms in total. The molecule has 0 N–H and O–H groups in total. The van der Waals surface area contributed by atoms with Crippen LogP contribution in [0.5, 0.6) is 0 Å². The number of hydrogen-bond donors (Lipinski definition) is 0. The van der Waals surface area contributed by atoms with Crippen molar-refractivity contribution in [3.63, 3.8) is 0 Å². The average Bonchev–Trinajstić information content (AvgIpc) is 3.02. The van der Waals surface area contributed by atoms with Gasteiger partial charge >= 0.3 is 0 Å².